The number of carboxylic acids is 1. The molecule has 1 aliphatic rings. The number of carbonyl (C=O) groups is 2. The van der Waals surface area contributed by atoms with Crippen LogP contribution < -0.4 is 4.90 Å². The first-order chi connectivity index (χ1) is 9.21. The molecule has 0 unspecified atom stereocenters. The predicted molar refractivity (Wildman–Crippen MR) is 60.1 cm³/mol. The van der Waals surface area contributed by atoms with E-state index in [0.717, 1.165) is 6.07 Å². The van der Waals surface area contributed by atoms with Crippen LogP contribution in [-0.2, 0) is 11.2 Å². The van der Waals surface area contributed by atoms with Gasteiger partial charge >= 0.3 is 18.1 Å². The number of halogens is 4. The number of alkyl halides is 3. The number of hydrogen-bond acceptors (Lipinski definition) is 2. The van der Waals surface area contributed by atoms with Crippen molar-refractivity contribution in [1.29, 1.82) is 0 Å². The molecule has 1 aromatic rings. The Kier molecular flexibility index (Phi) is 3.41. The van der Waals surface area contributed by atoms with Crippen LogP contribution in [0.3, 0.4) is 0 Å². The van der Waals surface area contributed by atoms with Gasteiger partial charge in [0.05, 0.1) is 11.3 Å². The van der Waals surface area contributed by atoms with Crippen molar-refractivity contribution >= 4 is 17.6 Å². The summed E-state index contributed by atoms with van der Waals surface area (Å²) in [5.41, 5.74) is -0.920. The van der Waals surface area contributed by atoms with Crippen molar-refractivity contribution < 1.29 is 32.3 Å². The summed E-state index contributed by atoms with van der Waals surface area (Å²) >= 11 is 0. The third kappa shape index (κ3) is 2.45. The number of aryl methyl sites for hydroxylation is 1. The van der Waals surface area contributed by atoms with Crippen molar-refractivity contribution in [3.05, 3.63) is 29.1 Å². The van der Waals surface area contributed by atoms with Crippen molar-refractivity contribution in [2.45, 2.75) is 19.0 Å². The van der Waals surface area contributed by atoms with E-state index in [1.54, 1.807) is 0 Å². The van der Waals surface area contributed by atoms with Gasteiger partial charge in [0.2, 0.25) is 0 Å². The highest BCUT2D eigenvalue weighted by Crippen LogP contribution is 2.34. The van der Waals surface area contributed by atoms with Crippen molar-refractivity contribution in [3.8, 4) is 0 Å². The minimum atomic E-state index is -5.11. The number of carbonyl (C=O) groups excluding carboxylic acids is 1. The van der Waals surface area contributed by atoms with Crippen molar-refractivity contribution in [2.24, 2.45) is 0 Å². The molecule has 8 heteroatoms. The van der Waals surface area contributed by atoms with E-state index >= 15 is 0 Å². The van der Waals surface area contributed by atoms with Crippen LogP contribution in [0.1, 0.15) is 22.3 Å². The average Bonchev–Trinajstić information content (AvgIpc) is 2.34. The van der Waals surface area contributed by atoms with E-state index in [4.69, 9.17) is 5.11 Å². The highest BCUT2D eigenvalue weighted by molar-refractivity contribution is 6.05. The van der Waals surface area contributed by atoms with Crippen LogP contribution >= 0.6 is 0 Å². The molecule has 0 saturated carbocycles. The molecule has 0 aromatic heterocycles. The lowest BCUT2D eigenvalue weighted by atomic mass is 9.97. The normalized spacial score (nSPS) is 14.9. The fourth-order valence-corrected chi connectivity index (χ4v) is 2.22. The maximum absolute atomic E-state index is 13.3. The molecule has 0 radical (unpaired) electrons. The van der Waals surface area contributed by atoms with Crippen LogP contribution in [0.2, 0.25) is 0 Å². The van der Waals surface area contributed by atoms with Gasteiger partial charge in [-0.2, -0.15) is 13.2 Å². The summed E-state index contributed by atoms with van der Waals surface area (Å²) < 4.78 is 50.9. The maximum atomic E-state index is 13.3. The summed E-state index contributed by atoms with van der Waals surface area (Å²) in [5.74, 6) is -4.59. The number of amides is 1. The van der Waals surface area contributed by atoms with Crippen LogP contribution in [0, 0.1) is 5.82 Å². The van der Waals surface area contributed by atoms with Gasteiger partial charge in [0.15, 0.2) is 0 Å². The molecule has 1 N–H and O–H groups in total. The number of benzene rings is 1. The molecule has 1 aromatic carbocycles. The number of hydrogen-bond donors (Lipinski definition) is 1. The summed E-state index contributed by atoms with van der Waals surface area (Å²) in [6.45, 7) is -0.253. The third-order valence-corrected chi connectivity index (χ3v) is 2.97. The van der Waals surface area contributed by atoms with E-state index in [9.17, 15) is 27.2 Å². The molecule has 0 bridgehead atoms. The third-order valence-electron chi connectivity index (χ3n) is 2.97. The first kappa shape index (κ1) is 14.3. The highest BCUT2D eigenvalue weighted by atomic mass is 19.4. The number of nitrogens with zero attached hydrogens (tertiary/aromatic N) is 1. The van der Waals surface area contributed by atoms with E-state index in [1.807, 2.05) is 0 Å². The molecule has 1 amide bonds. The first-order valence-corrected chi connectivity index (χ1v) is 5.66. The Morgan fingerprint density at radius 2 is 1.90 bits per heavy atom. The molecule has 0 aliphatic carbocycles. The Balaban J connectivity index is 2.60. The van der Waals surface area contributed by atoms with Crippen LogP contribution in [-0.4, -0.2) is 29.7 Å². The average molecular weight is 291 g/mol. The van der Waals surface area contributed by atoms with Crippen LogP contribution in [0.15, 0.2) is 12.1 Å². The topological polar surface area (TPSA) is 57.6 Å². The number of anilines is 1. The zero-order valence-electron chi connectivity index (χ0n) is 10.00. The predicted octanol–water partition coefficient (Wildman–Crippen LogP) is 2.37. The summed E-state index contributed by atoms with van der Waals surface area (Å²) in [6.07, 6.45) is -4.69. The Hall–Kier alpha value is -2.12. The number of fused-ring (bicyclic) bond motifs is 1. The second kappa shape index (κ2) is 4.77. The number of carboxylic acid groups (broad SMARTS) is 1. The SMILES string of the molecule is O=C(O)c1cc(F)cc2c1N(C(=O)C(F)(F)F)CCC2. The Bertz CT molecular complexity index is 583. The summed E-state index contributed by atoms with van der Waals surface area (Å²) in [5, 5.41) is 8.98. The first-order valence-electron chi connectivity index (χ1n) is 5.66. The molecule has 2 rings (SSSR count). The lowest BCUT2D eigenvalue weighted by Crippen LogP contribution is -2.44. The lowest BCUT2D eigenvalue weighted by molar-refractivity contribution is -0.170. The fraction of sp³-hybridized carbons (Fsp3) is 0.333. The molecular weight excluding hydrogens is 282 g/mol. The Labute approximate surface area is 110 Å². The second-order valence-corrected chi connectivity index (χ2v) is 4.32. The van der Waals surface area contributed by atoms with Gasteiger partial charge in [-0.1, -0.05) is 0 Å². The van der Waals surface area contributed by atoms with E-state index in [-0.39, 0.29) is 30.6 Å². The smallest absolute Gasteiger partial charge is 0.471 e. The van der Waals surface area contributed by atoms with Crippen LogP contribution in [0.5, 0.6) is 0 Å². The van der Waals surface area contributed by atoms with E-state index in [0.29, 0.717) is 11.0 Å². The van der Waals surface area contributed by atoms with Gasteiger partial charge in [-0.15, -0.1) is 0 Å². The largest absolute Gasteiger partial charge is 0.478 e. The standard InChI is InChI=1S/C12H9F4NO3/c13-7-4-6-2-1-3-17(11(20)12(14,15)16)9(6)8(5-7)10(18)19/h4-5H,1-3H2,(H,18,19). The molecule has 4 nitrogen and oxygen atoms in total. The minimum absolute atomic E-state index is 0.0891. The molecule has 0 saturated heterocycles. The van der Waals surface area contributed by atoms with E-state index < -0.39 is 29.4 Å². The van der Waals surface area contributed by atoms with Gasteiger partial charge in [-0.3, -0.25) is 4.79 Å². The zero-order valence-corrected chi connectivity index (χ0v) is 10.00. The number of aromatic carboxylic acids is 1. The molecule has 20 heavy (non-hydrogen) atoms. The second-order valence-electron chi connectivity index (χ2n) is 4.32. The van der Waals surface area contributed by atoms with Gasteiger partial charge in [0.1, 0.15) is 5.82 Å². The Morgan fingerprint density at radius 1 is 1.25 bits per heavy atom. The number of rotatable bonds is 1. The maximum Gasteiger partial charge on any atom is 0.471 e. The fourth-order valence-electron chi connectivity index (χ4n) is 2.22. The van der Waals surface area contributed by atoms with Crippen molar-refractivity contribution in [2.75, 3.05) is 11.4 Å². The Morgan fingerprint density at radius 3 is 2.45 bits per heavy atom. The molecule has 1 heterocycles. The van der Waals surface area contributed by atoms with Gasteiger partial charge in [-0.05, 0) is 30.5 Å². The quantitative estimate of drug-likeness (QED) is 0.808. The molecular formula is C12H9F4NO3. The van der Waals surface area contributed by atoms with Crippen LogP contribution in [0.25, 0.3) is 0 Å². The highest BCUT2D eigenvalue weighted by Gasteiger charge is 2.45. The van der Waals surface area contributed by atoms with Crippen LogP contribution in [0.4, 0.5) is 23.2 Å². The molecule has 0 fully saturated rings. The minimum Gasteiger partial charge on any atom is -0.478 e. The summed E-state index contributed by atoms with van der Waals surface area (Å²) in [7, 11) is 0. The molecule has 108 valence electrons. The van der Waals surface area contributed by atoms with Crippen molar-refractivity contribution in [3.63, 3.8) is 0 Å². The van der Waals surface area contributed by atoms with Gasteiger partial charge in [0.25, 0.3) is 0 Å². The monoisotopic (exact) mass is 291 g/mol. The molecule has 1 aliphatic heterocycles. The lowest BCUT2D eigenvalue weighted by Gasteiger charge is -2.31. The van der Waals surface area contributed by atoms with Crippen molar-refractivity contribution in [1.82, 2.24) is 0 Å². The van der Waals surface area contributed by atoms with Gasteiger partial charge in [0, 0.05) is 6.54 Å². The molecule has 0 atom stereocenters. The summed E-state index contributed by atoms with van der Waals surface area (Å²) in [4.78, 5) is 22.8. The van der Waals surface area contributed by atoms with Gasteiger partial charge in [-0.25, -0.2) is 9.18 Å². The molecule has 0 spiro atoms. The van der Waals surface area contributed by atoms with Gasteiger partial charge < -0.3 is 10.0 Å². The summed E-state index contributed by atoms with van der Waals surface area (Å²) in [6, 6.07) is 1.57. The zero-order chi connectivity index (χ0) is 15.1. The van der Waals surface area contributed by atoms with E-state index in [1.165, 1.54) is 0 Å². The van der Waals surface area contributed by atoms with E-state index in [2.05, 4.69) is 0 Å².